The van der Waals surface area contributed by atoms with Gasteiger partial charge in [-0.1, -0.05) is 38.2 Å². The van der Waals surface area contributed by atoms with Crippen LogP contribution < -0.4 is 0 Å². The number of rotatable bonds is 6. The quantitative estimate of drug-likeness (QED) is 0.491. The molecule has 3 rings (SSSR count). The monoisotopic (exact) mass is 432 g/mol. The molecule has 3 aliphatic rings. The summed E-state index contributed by atoms with van der Waals surface area (Å²) < 4.78 is 0. The second kappa shape index (κ2) is 9.51. The molecule has 0 amide bonds. The molecule has 0 radical (unpaired) electrons. The number of hydrogen-bond donors (Lipinski definition) is 4. The highest BCUT2D eigenvalue weighted by molar-refractivity contribution is 5.38. The van der Waals surface area contributed by atoms with E-state index in [-0.39, 0.29) is 5.41 Å². The Labute approximate surface area is 188 Å². The number of aliphatic hydroxyl groups excluding tert-OH is 3. The van der Waals surface area contributed by atoms with Gasteiger partial charge in [0.15, 0.2) is 0 Å². The zero-order chi connectivity index (χ0) is 23.0. The lowest BCUT2D eigenvalue weighted by molar-refractivity contribution is -0.0554. The highest BCUT2D eigenvalue weighted by Crippen LogP contribution is 2.60. The average molecular weight is 433 g/mol. The fraction of sp³-hybridized carbons (Fsp3) is 0.778. The maximum absolute atomic E-state index is 10.3. The van der Waals surface area contributed by atoms with Crippen LogP contribution in [0.4, 0.5) is 0 Å². The maximum Gasteiger partial charge on any atom is 0.0849 e. The van der Waals surface area contributed by atoms with E-state index in [4.69, 9.17) is 0 Å². The van der Waals surface area contributed by atoms with Crippen LogP contribution in [0.1, 0.15) is 85.5 Å². The second-order valence-corrected chi connectivity index (χ2v) is 11.4. The van der Waals surface area contributed by atoms with Gasteiger partial charge in [0.05, 0.1) is 23.9 Å². The van der Waals surface area contributed by atoms with Gasteiger partial charge < -0.3 is 20.4 Å². The third-order valence-electron chi connectivity index (χ3n) is 8.70. The van der Waals surface area contributed by atoms with E-state index in [0.29, 0.717) is 37.0 Å². The van der Waals surface area contributed by atoms with Crippen molar-refractivity contribution in [2.24, 2.45) is 23.2 Å². The first-order valence-electron chi connectivity index (χ1n) is 12.3. The summed E-state index contributed by atoms with van der Waals surface area (Å²) in [5, 5.41) is 40.5. The summed E-state index contributed by atoms with van der Waals surface area (Å²) in [7, 11) is 0. The molecule has 3 saturated carbocycles. The maximum atomic E-state index is 10.3. The Kier molecular flexibility index (Phi) is 7.57. The molecule has 31 heavy (non-hydrogen) atoms. The van der Waals surface area contributed by atoms with Crippen LogP contribution >= 0.6 is 0 Å². The Bertz CT molecular complexity index is 715. The van der Waals surface area contributed by atoms with Crippen LogP contribution in [-0.2, 0) is 0 Å². The Morgan fingerprint density at radius 1 is 1.19 bits per heavy atom. The minimum Gasteiger partial charge on any atom is -0.393 e. The van der Waals surface area contributed by atoms with Gasteiger partial charge in [-0.15, -0.1) is 0 Å². The van der Waals surface area contributed by atoms with Crippen molar-refractivity contribution in [3.63, 3.8) is 0 Å². The number of fused-ring (bicyclic) bond motifs is 1. The first kappa shape index (κ1) is 24.7. The van der Waals surface area contributed by atoms with Crippen molar-refractivity contribution in [2.75, 3.05) is 0 Å². The molecule has 0 aliphatic heterocycles. The van der Waals surface area contributed by atoms with Crippen molar-refractivity contribution < 1.29 is 20.4 Å². The Morgan fingerprint density at radius 3 is 2.58 bits per heavy atom. The van der Waals surface area contributed by atoms with Crippen molar-refractivity contribution in [3.05, 3.63) is 35.5 Å². The van der Waals surface area contributed by atoms with E-state index in [1.165, 1.54) is 31.3 Å². The van der Waals surface area contributed by atoms with Crippen molar-refractivity contribution in [1.29, 1.82) is 0 Å². The van der Waals surface area contributed by atoms with E-state index < -0.39 is 23.9 Å². The van der Waals surface area contributed by atoms with Gasteiger partial charge in [-0.05, 0) is 99.5 Å². The van der Waals surface area contributed by atoms with Gasteiger partial charge in [0.1, 0.15) is 0 Å². The molecule has 0 saturated heterocycles. The van der Waals surface area contributed by atoms with Gasteiger partial charge >= 0.3 is 0 Å². The van der Waals surface area contributed by atoms with E-state index in [1.807, 2.05) is 0 Å². The molecule has 0 aromatic rings. The zero-order valence-electron chi connectivity index (χ0n) is 20.0. The predicted octanol–water partition coefficient (Wildman–Crippen LogP) is 4.68. The molecule has 4 nitrogen and oxygen atoms in total. The highest BCUT2D eigenvalue weighted by atomic mass is 16.3. The van der Waals surface area contributed by atoms with Gasteiger partial charge in [0.2, 0.25) is 0 Å². The summed E-state index contributed by atoms with van der Waals surface area (Å²) in [5.41, 5.74) is 2.48. The first-order chi connectivity index (χ1) is 14.4. The van der Waals surface area contributed by atoms with Gasteiger partial charge in [-0.3, -0.25) is 0 Å². The van der Waals surface area contributed by atoms with Crippen LogP contribution in [0.2, 0.25) is 0 Å². The number of allylic oxidation sites excluding steroid dienone is 3. The third kappa shape index (κ3) is 5.35. The topological polar surface area (TPSA) is 80.9 Å². The summed E-state index contributed by atoms with van der Waals surface area (Å²) in [5.74, 6) is 1.74. The zero-order valence-corrected chi connectivity index (χ0v) is 20.0. The molecule has 0 aromatic carbocycles. The van der Waals surface area contributed by atoms with Gasteiger partial charge in [0, 0.05) is 6.42 Å². The third-order valence-corrected chi connectivity index (χ3v) is 8.70. The average Bonchev–Trinajstić information content (AvgIpc) is 3.04. The minimum atomic E-state index is -1.04. The molecule has 176 valence electrons. The smallest absolute Gasteiger partial charge is 0.0849 e. The fourth-order valence-electron chi connectivity index (χ4n) is 6.65. The molecule has 4 heteroatoms. The standard InChI is InChI=1S/C27H44O4/c1-17(8-13-25(30)26(3,4)31)22-11-12-23-19(7-6-14-27(22,23)5)9-10-20-15-21(28)16-24(29)18(20)2/h9-10,17,21-25,28-31H,2,6-8,11-16H2,1,3-5H3/b19-9-,20-10-/t17-,21-,22-,23-,24+,25-,27-/m1/s1. The molecule has 3 fully saturated rings. The fourth-order valence-corrected chi connectivity index (χ4v) is 6.65. The van der Waals surface area contributed by atoms with E-state index in [0.717, 1.165) is 24.0 Å². The molecule has 0 spiro atoms. The molecule has 0 unspecified atom stereocenters. The van der Waals surface area contributed by atoms with E-state index in [2.05, 4.69) is 32.6 Å². The summed E-state index contributed by atoms with van der Waals surface area (Å²) >= 11 is 0. The predicted molar refractivity (Wildman–Crippen MR) is 125 cm³/mol. The summed E-state index contributed by atoms with van der Waals surface area (Å²) in [6.45, 7) is 12.2. The molecule has 4 N–H and O–H groups in total. The van der Waals surface area contributed by atoms with Crippen molar-refractivity contribution >= 4 is 0 Å². The summed E-state index contributed by atoms with van der Waals surface area (Å²) in [4.78, 5) is 0. The van der Waals surface area contributed by atoms with Gasteiger partial charge in [0.25, 0.3) is 0 Å². The highest BCUT2D eigenvalue weighted by Gasteiger charge is 2.50. The molecule has 0 heterocycles. The van der Waals surface area contributed by atoms with Gasteiger partial charge in [-0.25, -0.2) is 0 Å². The lowest BCUT2D eigenvalue weighted by Gasteiger charge is -2.44. The number of aliphatic hydroxyl groups is 4. The van der Waals surface area contributed by atoms with E-state index in [9.17, 15) is 20.4 Å². The Hall–Kier alpha value is -0.940. The van der Waals surface area contributed by atoms with Crippen molar-refractivity contribution in [3.8, 4) is 0 Å². The van der Waals surface area contributed by atoms with Crippen LogP contribution in [0.5, 0.6) is 0 Å². The van der Waals surface area contributed by atoms with Crippen LogP contribution in [0.3, 0.4) is 0 Å². The van der Waals surface area contributed by atoms with Crippen LogP contribution in [0.25, 0.3) is 0 Å². The summed E-state index contributed by atoms with van der Waals surface area (Å²) in [6.07, 6.45) is 11.1. The molecule has 3 aliphatic carbocycles. The first-order valence-corrected chi connectivity index (χ1v) is 12.3. The van der Waals surface area contributed by atoms with Crippen LogP contribution in [0, 0.1) is 23.2 Å². The Morgan fingerprint density at radius 2 is 1.90 bits per heavy atom. The largest absolute Gasteiger partial charge is 0.393 e. The van der Waals surface area contributed by atoms with Gasteiger partial charge in [-0.2, -0.15) is 0 Å². The minimum absolute atomic E-state index is 0.282. The van der Waals surface area contributed by atoms with Crippen molar-refractivity contribution in [1.82, 2.24) is 0 Å². The normalized spacial score (nSPS) is 39.0. The SMILES string of the molecule is C=C1/C(=C\C=C2\CCC[C@@]3(C)[C@@H]2CC[C@@H]3[C@H](C)CC[C@@H](O)C(C)(C)O)C[C@@H](O)C[C@@H]1O. The van der Waals surface area contributed by atoms with E-state index >= 15 is 0 Å². The van der Waals surface area contributed by atoms with E-state index in [1.54, 1.807) is 13.8 Å². The summed E-state index contributed by atoms with van der Waals surface area (Å²) in [6, 6.07) is 0. The molecule has 0 aromatic heterocycles. The Balaban J connectivity index is 1.71. The van der Waals surface area contributed by atoms with Crippen LogP contribution in [0.15, 0.2) is 35.5 Å². The molecule has 0 bridgehead atoms. The molecular weight excluding hydrogens is 388 g/mol. The number of hydrogen-bond acceptors (Lipinski definition) is 4. The van der Waals surface area contributed by atoms with Crippen LogP contribution in [-0.4, -0.2) is 44.3 Å². The molecular formula is C27H44O4. The molecule has 7 atom stereocenters. The van der Waals surface area contributed by atoms with Crippen molar-refractivity contribution in [2.45, 2.75) is 109 Å². The second-order valence-electron chi connectivity index (χ2n) is 11.4. The lowest BCUT2D eigenvalue weighted by Crippen LogP contribution is -2.38. The lowest BCUT2D eigenvalue weighted by atomic mass is 9.60.